The molecule has 172 valence electrons. The third kappa shape index (κ3) is 7.34. The van der Waals surface area contributed by atoms with Crippen molar-refractivity contribution in [1.29, 1.82) is 0 Å². The van der Waals surface area contributed by atoms with Crippen LogP contribution >= 0.6 is 23.2 Å². The molecular weight excluding hydrogens is 455 g/mol. The van der Waals surface area contributed by atoms with Gasteiger partial charge in [-0.15, -0.1) is 0 Å². The van der Waals surface area contributed by atoms with Crippen LogP contribution in [0.15, 0.2) is 78.9 Å². The van der Waals surface area contributed by atoms with Gasteiger partial charge in [0.25, 0.3) is 0 Å². The fourth-order valence-corrected chi connectivity index (χ4v) is 4.08. The second-order valence-corrected chi connectivity index (χ2v) is 9.13. The molecule has 3 rings (SSSR count). The highest BCUT2D eigenvalue weighted by atomic mass is 35.5. The fraction of sp³-hybridized carbons (Fsp3) is 0.259. The zero-order valence-electron chi connectivity index (χ0n) is 18.8. The lowest BCUT2D eigenvalue weighted by Gasteiger charge is -2.32. The van der Waals surface area contributed by atoms with E-state index in [-0.39, 0.29) is 30.8 Å². The molecular formula is C27H28Cl2N2O2. The van der Waals surface area contributed by atoms with Crippen molar-refractivity contribution in [3.63, 3.8) is 0 Å². The Balaban J connectivity index is 1.98. The maximum Gasteiger partial charge on any atom is 0.243 e. The van der Waals surface area contributed by atoms with Gasteiger partial charge in [0.1, 0.15) is 6.04 Å². The van der Waals surface area contributed by atoms with Crippen molar-refractivity contribution in [2.45, 2.75) is 45.3 Å². The second-order valence-electron chi connectivity index (χ2n) is 8.29. The van der Waals surface area contributed by atoms with Crippen LogP contribution in [0.5, 0.6) is 0 Å². The summed E-state index contributed by atoms with van der Waals surface area (Å²) in [7, 11) is 0. The summed E-state index contributed by atoms with van der Waals surface area (Å²) >= 11 is 12.6. The number of nitrogens with one attached hydrogen (secondary N) is 1. The number of nitrogens with zero attached hydrogens (tertiary/aromatic N) is 1. The van der Waals surface area contributed by atoms with Gasteiger partial charge in [-0.3, -0.25) is 9.59 Å². The molecule has 0 unspecified atom stereocenters. The van der Waals surface area contributed by atoms with Crippen molar-refractivity contribution >= 4 is 35.0 Å². The van der Waals surface area contributed by atoms with Gasteiger partial charge in [0.15, 0.2) is 0 Å². The standard InChI is InChI=1S/C27H28Cl2N2O2/c1-19(2)30-27(33)25(16-20-9-4-3-5-10-20)31(18-22-12-6-7-14-24(22)29)26(32)17-21-11-8-13-23(28)15-21/h3-15,19,25H,16-18H2,1-2H3,(H,30,33)/t25-/m1/s1. The molecule has 0 fully saturated rings. The molecule has 0 spiro atoms. The van der Waals surface area contributed by atoms with E-state index in [1.165, 1.54) is 0 Å². The van der Waals surface area contributed by atoms with Crippen LogP contribution in [0.1, 0.15) is 30.5 Å². The van der Waals surface area contributed by atoms with E-state index in [1.54, 1.807) is 23.1 Å². The normalized spacial score (nSPS) is 11.8. The molecule has 6 heteroatoms. The van der Waals surface area contributed by atoms with Gasteiger partial charge in [0.2, 0.25) is 11.8 Å². The minimum atomic E-state index is -0.697. The Labute approximate surface area is 205 Å². The van der Waals surface area contributed by atoms with Crippen molar-refractivity contribution in [3.8, 4) is 0 Å². The van der Waals surface area contributed by atoms with E-state index in [0.29, 0.717) is 16.5 Å². The predicted molar refractivity (Wildman–Crippen MR) is 134 cm³/mol. The predicted octanol–water partition coefficient (Wildman–Crippen LogP) is 5.70. The number of hydrogen-bond acceptors (Lipinski definition) is 2. The molecule has 0 bridgehead atoms. The molecule has 0 aliphatic carbocycles. The molecule has 1 atom stereocenters. The fourth-order valence-electron chi connectivity index (χ4n) is 3.67. The van der Waals surface area contributed by atoms with Crippen molar-refractivity contribution in [2.75, 3.05) is 0 Å². The van der Waals surface area contributed by atoms with E-state index >= 15 is 0 Å². The first-order chi connectivity index (χ1) is 15.8. The summed E-state index contributed by atoms with van der Waals surface area (Å²) in [6.45, 7) is 4.04. The van der Waals surface area contributed by atoms with E-state index in [1.807, 2.05) is 74.5 Å². The molecule has 4 nitrogen and oxygen atoms in total. The molecule has 0 saturated heterocycles. The maximum atomic E-state index is 13.6. The van der Waals surface area contributed by atoms with Gasteiger partial charge < -0.3 is 10.2 Å². The molecule has 33 heavy (non-hydrogen) atoms. The van der Waals surface area contributed by atoms with Crippen molar-refractivity contribution in [1.82, 2.24) is 10.2 Å². The maximum absolute atomic E-state index is 13.6. The molecule has 3 aromatic rings. The van der Waals surface area contributed by atoms with Crippen LogP contribution in [0, 0.1) is 0 Å². The van der Waals surface area contributed by atoms with Gasteiger partial charge in [0, 0.05) is 29.1 Å². The molecule has 0 saturated carbocycles. The van der Waals surface area contributed by atoms with Gasteiger partial charge in [-0.2, -0.15) is 0 Å². The number of amides is 2. The van der Waals surface area contributed by atoms with Crippen LogP contribution in [0.3, 0.4) is 0 Å². The molecule has 0 aliphatic heterocycles. The molecule has 1 N–H and O–H groups in total. The highest BCUT2D eigenvalue weighted by Crippen LogP contribution is 2.22. The Kier molecular flexibility index (Phi) is 8.93. The van der Waals surface area contributed by atoms with Crippen molar-refractivity contribution in [3.05, 3.63) is 106 Å². The van der Waals surface area contributed by atoms with Crippen LogP contribution in [0.25, 0.3) is 0 Å². The van der Waals surface area contributed by atoms with Crippen LogP contribution in [-0.4, -0.2) is 28.8 Å². The number of benzene rings is 3. The van der Waals surface area contributed by atoms with E-state index in [2.05, 4.69) is 5.32 Å². The summed E-state index contributed by atoms with van der Waals surface area (Å²) in [5.41, 5.74) is 2.55. The first-order valence-corrected chi connectivity index (χ1v) is 11.7. The quantitative estimate of drug-likeness (QED) is 0.425. The minimum absolute atomic E-state index is 0.0547. The smallest absolute Gasteiger partial charge is 0.243 e. The van der Waals surface area contributed by atoms with Crippen LogP contribution in [-0.2, 0) is 29.0 Å². The molecule has 0 heterocycles. The second kappa shape index (κ2) is 11.9. The third-order valence-corrected chi connectivity index (χ3v) is 5.85. The van der Waals surface area contributed by atoms with E-state index in [9.17, 15) is 9.59 Å². The van der Waals surface area contributed by atoms with Gasteiger partial charge >= 0.3 is 0 Å². The lowest BCUT2D eigenvalue weighted by atomic mass is 10.0. The van der Waals surface area contributed by atoms with E-state index in [4.69, 9.17) is 23.2 Å². The summed E-state index contributed by atoms with van der Waals surface area (Å²) in [5.74, 6) is -0.364. The molecule has 2 amide bonds. The number of halogens is 2. The van der Waals surface area contributed by atoms with Crippen LogP contribution < -0.4 is 5.32 Å². The largest absolute Gasteiger partial charge is 0.352 e. The molecule has 3 aromatic carbocycles. The van der Waals surface area contributed by atoms with Gasteiger partial charge in [0.05, 0.1) is 6.42 Å². The Bertz CT molecular complexity index is 1090. The van der Waals surface area contributed by atoms with E-state index in [0.717, 1.165) is 16.7 Å². The molecule has 0 aliphatic rings. The Morgan fingerprint density at radius 3 is 2.21 bits per heavy atom. The van der Waals surface area contributed by atoms with Gasteiger partial charge in [-0.05, 0) is 48.7 Å². The Morgan fingerprint density at radius 1 is 0.879 bits per heavy atom. The summed E-state index contributed by atoms with van der Waals surface area (Å²) in [5, 5.41) is 4.11. The summed E-state index contributed by atoms with van der Waals surface area (Å²) in [6.07, 6.45) is 0.524. The highest BCUT2D eigenvalue weighted by Gasteiger charge is 2.31. The van der Waals surface area contributed by atoms with Gasteiger partial charge in [-0.25, -0.2) is 0 Å². The highest BCUT2D eigenvalue weighted by molar-refractivity contribution is 6.31. The lowest BCUT2D eigenvalue weighted by molar-refractivity contribution is -0.141. The SMILES string of the molecule is CC(C)NC(=O)[C@@H](Cc1ccccc1)N(Cc1ccccc1Cl)C(=O)Cc1cccc(Cl)c1. The first-order valence-electron chi connectivity index (χ1n) is 10.9. The Morgan fingerprint density at radius 2 is 1.55 bits per heavy atom. The average molecular weight is 483 g/mol. The molecule has 0 aromatic heterocycles. The lowest BCUT2D eigenvalue weighted by Crippen LogP contribution is -2.52. The van der Waals surface area contributed by atoms with Gasteiger partial charge in [-0.1, -0.05) is 83.9 Å². The zero-order chi connectivity index (χ0) is 23.8. The van der Waals surface area contributed by atoms with Crippen molar-refractivity contribution in [2.24, 2.45) is 0 Å². The monoisotopic (exact) mass is 482 g/mol. The third-order valence-electron chi connectivity index (χ3n) is 5.24. The zero-order valence-corrected chi connectivity index (χ0v) is 20.3. The summed E-state index contributed by atoms with van der Waals surface area (Å²) < 4.78 is 0. The average Bonchev–Trinajstić information content (AvgIpc) is 2.77. The topological polar surface area (TPSA) is 49.4 Å². The van der Waals surface area contributed by atoms with Crippen LogP contribution in [0.4, 0.5) is 0 Å². The minimum Gasteiger partial charge on any atom is -0.352 e. The first kappa shape index (κ1) is 24.8. The molecule has 0 radical (unpaired) electrons. The number of hydrogen-bond donors (Lipinski definition) is 1. The number of carbonyl (C=O) groups is 2. The van der Waals surface area contributed by atoms with Crippen LogP contribution in [0.2, 0.25) is 10.0 Å². The van der Waals surface area contributed by atoms with Crippen molar-refractivity contribution < 1.29 is 9.59 Å². The summed E-state index contributed by atoms with van der Waals surface area (Å²) in [6, 6.07) is 23.6. The van der Waals surface area contributed by atoms with E-state index < -0.39 is 6.04 Å². The Hall–Kier alpha value is -2.82. The summed E-state index contributed by atoms with van der Waals surface area (Å²) in [4.78, 5) is 28.6. The number of carbonyl (C=O) groups excluding carboxylic acids is 2. The number of rotatable bonds is 9.